The lowest BCUT2D eigenvalue weighted by molar-refractivity contribution is -0.125. The van der Waals surface area contributed by atoms with E-state index in [2.05, 4.69) is 10.6 Å². The zero-order valence-corrected chi connectivity index (χ0v) is 14.4. The van der Waals surface area contributed by atoms with Crippen LogP contribution in [0.4, 0.5) is 11.4 Å². The van der Waals surface area contributed by atoms with Crippen LogP contribution in [0.1, 0.15) is 12.5 Å². The molecule has 2 N–H and O–H groups in total. The van der Waals surface area contributed by atoms with Crippen molar-refractivity contribution in [2.24, 2.45) is 0 Å². The smallest absolute Gasteiger partial charge is 0.250 e. The molecule has 0 saturated carbocycles. The van der Waals surface area contributed by atoms with Crippen molar-refractivity contribution in [1.29, 1.82) is 0 Å². The van der Waals surface area contributed by atoms with Crippen molar-refractivity contribution in [3.05, 3.63) is 54.1 Å². The first-order chi connectivity index (χ1) is 12.1. The molecular formula is C19H22N2O4. The summed E-state index contributed by atoms with van der Waals surface area (Å²) in [5.74, 6) is 0.108. The van der Waals surface area contributed by atoms with E-state index in [0.717, 1.165) is 11.3 Å². The molecule has 0 bridgehead atoms. The minimum absolute atomic E-state index is 0.190. The maximum Gasteiger partial charge on any atom is 0.250 e. The van der Waals surface area contributed by atoms with Crippen LogP contribution in [-0.2, 0) is 14.3 Å². The monoisotopic (exact) mass is 342 g/mol. The molecule has 2 aromatic rings. The molecular weight excluding hydrogens is 320 g/mol. The molecule has 6 heteroatoms. The lowest BCUT2D eigenvalue weighted by atomic mass is 10.2. The lowest BCUT2D eigenvalue weighted by Gasteiger charge is -2.08. The number of hydrogen-bond acceptors (Lipinski definition) is 4. The van der Waals surface area contributed by atoms with Crippen LogP contribution in [0.5, 0.6) is 5.75 Å². The van der Waals surface area contributed by atoms with Gasteiger partial charge in [-0.05, 0) is 55.8 Å². The van der Waals surface area contributed by atoms with E-state index in [1.807, 2.05) is 32.0 Å². The van der Waals surface area contributed by atoms with Crippen LogP contribution in [0.3, 0.4) is 0 Å². The number of aryl methyl sites for hydroxylation is 1. The summed E-state index contributed by atoms with van der Waals surface area (Å²) in [7, 11) is 0. The fourth-order valence-corrected chi connectivity index (χ4v) is 2.15. The number of hydrogen-bond donors (Lipinski definition) is 2. The third-order valence-corrected chi connectivity index (χ3v) is 3.22. The Hall–Kier alpha value is -2.86. The summed E-state index contributed by atoms with van der Waals surface area (Å²) >= 11 is 0. The number of benzene rings is 2. The second-order valence-corrected chi connectivity index (χ2v) is 5.42. The Morgan fingerprint density at radius 1 is 0.920 bits per heavy atom. The Balaban J connectivity index is 1.70. The van der Waals surface area contributed by atoms with Gasteiger partial charge in [-0.15, -0.1) is 0 Å². The minimum atomic E-state index is -0.326. The van der Waals surface area contributed by atoms with Crippen molar-refractivity contribution in [2.45, 2.75) is 13.8 Å². The van der Waals surface area contributed by atoms with Gasteiger partial charge in [0.2, 0.25) is 11.8 Å². The van der Waals surface area contributed by atoms with Crippen molar-refractivity contribution in [1.82, 2.24) is 0 Å². The molecule has 2 amide bonds. The predicted molar refractivity (Wildman–Crippen MR) is 96.9 cm³/mol. The highest BCUT2D eigenvalue weighted by atomic mass is 16.5. The zero-order chi connectivity index (χ0) is 18.1. The molecule has 0 heterocycles. The van der Waals surface area contributed by atoms with Crippen LogP contribution in [0, 0.1) is 6.92 Å². The first-order valence-corrected chi connectivity index (χ1v) is 8.04. The van der Waals surface area contributed by atoms with Crippen molar-refractivity contribution in [2.75, 3.05) is 30.5 Å². The molecule has 0 aromatic heterocycles. The molecule has 0 aliphatic heterocycles. The summed E-state index contributed by atoms with van der Waals surface area (Å²) < 4.78 is 10.5. The molecule has 0 fully saturated rings. The summed E-state index contributed by atoms with van der Waals surface area (Å²) in [4.78, 5) is 23.6. The summed E-state index contributed by atoms with van der Waals surface area (Å²) in [5, 5.41) is 5.41. The van der Waals surface area contributed by atoms with E-state index < -0.39 is 0 Å². The number of rotatable bonds is 8. The van der Waals surface area contributed by atoms with E-state index in [0.29, 0.717) is 18.0 Å². The predicted octanol–water partition coefficient (Wildman–Crippen LogP) is 2.99. The molecule has 0 unspecified atom stereocenters. The van der Waals surface area contributed by atoms with E-state index in [4.69, 9.17) is 9.47 Å². The van der Waals surface area contributed by atoms with Crippen LogP contribution in [0.25, 0.3) is 0 Å². The van der Waals surface area contributed by atoms with Gasteiger partial charge in [0.15, 0.2) is 0 Å². The van der Waals surface area contributed by atoms with Gasteiger partial charge in [0.25, 0.3) is 0 Å². The van der Waals surface area contributed by atoms with Gasteiger partial charge in [-0.1, -0.05) is 12.1 Å². The quantitative estimate of drug-likeness (QED) is 0.773. The van der Waals surface area contributed by atoms with Gasteiger partial charge in [-0.3, -0.25) is 9.59 Å². The molecule has 6 nitrogen and oxygen atoms in total. The summed E-state index contributed by atoms with van der Waals surface area (Å²) in [6.07, 6.45) is 0. The van der Waals surface area contributed by atoms with Gasteiger partial charge in [0, 0.05) is 11.4 Å². The number of carbonyl (C=O) groups excluding carboxylic acids is 2. The number of anilines is 2. The van der Waals surface area contributed by atoms with E-state index in [-0.39, 0.29) is 25.0 Å². The third kappa shape index (κ3) is 6.64. The summed E-state index contributed by atoms with van der Waals surface area (Å²) in [6, 6.07) is 14.5. The molecule has 0 spiro atoms. The Kier molecular flexibility index (Phi) is 6.98. The molecule has 0 radical (unpaired) electrons. The van der Waals surface area contributed by atoms with Crippen molar-refractivity contribution in [3.8, 4) is 5.75 Å². The number of carbonyl (C=O) groups is 2. The van der Waals surface area contributed by atoms with Gasteiger partial charge in [0.05, 0.1) is 6.61 Å². The van der Waals surface area contributed by atoms with Crippen molar-refractivity contribution >= 4 is 23.2 Å². The molecule has 132 valence electrons. The first kappa shape index (κ1) is 18.5. The summed E-state index contributed by atoms with van der Waals surface area (Å²) in [6.45, 7) is 4.04. The molecule has 0 aliphatic rings. The summed E-state index contributed by atoms with van der Waals surface area (Å²) in [5.41, 5.74) is 2.39. The second kappa shape index (κ2) is 9.44. The maximum atomic E-state index is 11.8. The fourth-order valence-electron chi connectivity index (χ4n) is 2.15. The molecule has 2 aromatic carbocycles. The molecule has 0 atom stereocenters. The molecule has 0 aliphatic carbocycles. The topological polar surface area (TPSA) is 76.7 Å². The normalized spacial score (nSPS) is 10.2. The van der Waals surface area contributed by atoms with Gasteiger partial charge in [0.1, 0.15) is 19.0 Å². The van der Waals surface area contributed by atoms with Gasteiger partial charge < -0.3 is 20.1 Å². The van der Waals surface area contributed by atoms with Crippen LogP contribution >= 0.6 is 0 Å². The van der Waals surface area contributed by atoms with Crippen LogP contribution in [0.15, 0.2) is 48.5 Å². The molecule has 0 saturated heterocycles. The number of nitrogens with one attached hydrogen (secondary N) is 2. The fraction of sp³-hybridized carbons (Fsp3) is 0.263. The standard InChI is InChI=1S/C19H22N2O4/c1-3-25-17-9-7-15(8-10-17)20-18(22)12-24-13-19(23)21-16-6-4-5-14(2)11-16/h4-11H,3,12-13H2,1-2H3,(H,20,22)(H,21,23). The Morgan fingerprint density at radius 2 is 1.56 bits per heavy atom. The van der Waals surface area contributed by atoms with Crippen LogP contribution in [0.2, 0.25) is 0 Å². The zero-order valence-electron chi connectivity index (χ0n) is 14.4. The highest BCUT2D eigenvalue weighted by Gasteiger charge is 2.07. The van der Waals surface area contributed by atoms with Gasteiger partial charge in [-0.2, -0.15) is 0 Å². The molecule has 25 heavy (non-hydrogen) atoms. The van der Waals surface area contributed by atoms with Gasteiger partial charge >= 0.3 is 0 Å². The van der Waals surface area contributed by atoms with Crippen molar-refractivity contribution in [3.63, 3.8) is 0 Å². The van der Waals surface area contributed by atoms with Crippen LogP contribution < -0.4 is 15.4 Å². The second-order valence-electron chi connectivity index (χ2n) is 5.42. The van der Waals surface area contributed by atoms with Crippen molar-refractivity contribution < 1.29 is 19.1 Å². The van der Waals surface area contributed by atoms with E-state index in [1.54, 1.807) is 30.3 Å². The Morgan fingerprint density at radius 3 is 2.16 bits per heavy atom. The lowest BCUT2D eigenvalue weighted by Crippen LogP contribution is -2.23. The van der Waals surface area contributed by atoms with E-state index in [1.165, 1.54) is 0 Å². The molecule has 2 rings (SSSR count). The number of ether oxygens (including phenoxy) is 2. The Labute approximate surface area is 147 Å². The SMILES string of the molecule is CCOc1ccc(NC(=O)COCC(=O)Nc2cccc(C)c2)cc1. The largest absolute Gasteiger partial charge is 0.494 e. The average Bonchev–Trinajstić information content (AvgIpc) is 2.57. The van der Waals surface area contributed by atoms with E-state index >= 15 is 0 Å². The Bertz CT molecular complexity index is 714. The highest BCUT2D eigenvalue weighted by molar-refractivity contribution is 5.93. The average molecular weight is 342 g/mol. The van der Waals surface area contributed by atoms with E-state index in [9.17, 15) is 9.59 Å². The minimum Gasteiger partial charge on any atom is -0.494 e. The van der Waals surface area contributed by atoms with Crippen LogP contribution in [-0.4, -0.2) is 31.6 Å². The number of amides is 2. The highest BCUT2D eigenvalue weighted by Crippen LogP contribution is 2.15. The first-order valence-electron chi connectivity index (χ1n) is 8.04. The maximum absolute atomic E-state index is 11.8. The van der Waals surface area contributed by atoms with Gasteiger partial charge in [-0.25, -0.2) is 0 Å². The third-order valence-electron chi connectivity index (χ3n) is 3.22.